The summed E-state index contributed by atoms with van der Waals surface area (Å²) in [4.78, 5) is 11.7. The molecule has 1 N–H and O–H groups in total. The molecule has 1 heterocycles. The molecule has 1 saturated heterocycles. The average Bonchev–Trinajstić information content (AvgIpc) is 2.67. The molecule has 0 aliphatic carbocycles. The second kappa shape index (κ2) is 5.75. The molecule has 6 heteroatoms. The first kappa shape index (κ1) is 14.1. The summed E-state index contributed by atoms with van der Waals surface area (Å²) in [6.45, 7) is 0. The Labute approximate surface area is 117 Å². The first-order chi connectivity index (χ1) is 8.96. The molecule has 4 nitrogen and oxygen atoms in total. The van der Waals surface area contributed by atoms with Gasteiger partial charge in [0.25, 0.3) is 0 Å². The van der Waals surface area contributed by atoms with Gasteiger partial charge in [0.1, 0.15) is 0 Å². The molecular formula is C13H14ClNO3S. The quantitative estimate of drug-likeness (QED) is 0.863. The van der Waals surface area contributed by atoms with Crippen molar-refractivity contribution in [1.82, 2.24) is 5.32 Å². The monoisotopic (exact) mass is 299 g/mol. The third-order valence-electron chi connectivity index (χ3n) is 2.90. The lowest BCUT2D eigenvalue weighted by Gasteiger charge is -2.07. The van der Waals surface area contributed by atoms with Crippen LogP contribution in [0.3, 0.4) is 0 Å². The van der Waals surface area contributed by atoms with E-state index in [0.717, 1.165) is 5.56 Å². The van der Waals surface area contributed by atoms with Gasteiger partial charge in [-0.3, -0.25) is 4.79 Å². The molecule has 0 saturated carbocycles. The lowest BCUT2D eigenvalue weighted by atomic mass is 10.2. The Bertz CT molecular complexity index is 610. The Hall–Kier alpha value is -1.33. The van der Waals surface area contributed by atoms with E-state index in [4.69, 9.17) is 11.6 Å². The molecule has 0 aromatic heterocycles. The highest BCUT2D eigenvalue weighted by Gasteiger charge is 2.28. The van der Waals surface area contributed by atoms with Gasteiger partial charge in [-0.2, -0.15) is 0 Å². The van der Waals surface area contributed by atoms with E-state index in [1.165, 1.54) is 6.08 Å². The van der Waals surface area contributed by atoms with Crippen LogP contribution in [0, 0.1) is 0 Å². The van der Waals surface area contributed by atoms with Gasteiger partial charge in [0, 0.05) is 17.1 Å². The maximum absolute atomic E-state index is 11.7. The van der Waals surface area contributed by atoms with E-state index in [1.54, 1.807) is 18.2 Å². The van der Waals surface area contributed by atoms with Gasteiger partial charge in [0.15, 0.2) is 9.84 Å². The molecule has 1 aliphatic heterocycles. The van der Waals surface area contributed by atoms with E-state index >= 15 is 0 Å². The highest BCUT2D eigenvalue weighted by molar-refractivity contribution is 7.91. The second-order valence-electron chi connectivity index (χ2n) is 4.46. The third kappa shape index (κ3) is 4.08. The Morgan fingerprint density at radius 3 is 2.74 bits per heavy atom. The van der Waals surface area contributed by atoms with Crippen molar-refractivity contribution in [3.8, 4) is 0 Å². The fraction of sp³-hybridized carbons (Fsp3) is 0.308. The van der Waals surface area contributed by atoms with Gasteiger partial charge in [0.2, 0.25) is 5.91 Å². The molecular weight excluding hydrogens is 286 g/mol. The summed E-state index contributed by atoms with van der Waals surface area (Å²) < 4.78 is 22.5. The first-order valence-electron chi connectivity index (χ1n) is 5.90. The van der Waals surface area contributed by atoms with Crippen LogP contribution in [0.15, 0.2) is 30.3 Å². The summed E-state index contributed by atoms with van der Waals surface area (Å²) in [5.41, 5.74) is 0.748. The van der Waals surface area contributed by atoms with Crippen LogP contribution in [-0.2, 0) is 14.6 Å². The van der Waals surface area contributed by atoms with Crippen molar-refractivity contribution < 1.29 is 13.2 Å². The molecule has 1 atom stereocenters. The van der Waals surface area contributed by atoms with Crippen LogP contribution in [0.1, 0.15) is 12.0 Å². The molecule has 0 radical (unpaired) electrons. The predicted octanol–water partition coefficient (Wildman–Crippen LogP) is 1.66. The van der Waals surface area contributed by atoms with Crippen molar-refractivity contribution in [1.29, 1.82) is 0 Å². The molecule has 1 aliphatic rings. The fourth-order valence-corrected chi connectivity index (χ4v) is 3.81. The maximum Gasteiger partial charge on any atom is 0.244 e. The van der Waals surface area contributed by atoms with E-state index in [2.05, 4.69) is 5.32 Å². The van der Waals surface area contributed by atoms with E-state index < -0.39 is 9.84 Å². The Morgan fingerprint density at radius 1 is 1.37 bits per heavy atom. The smallest absolute Gasteiger partial charge is 0.244 e. The number of hydrogen-bond acceptors (Lipinski definition) is 3. The number of carbonyl (C=O) groups is 1. The van der Waals surface area contributed by atoms with Gasteiger partial charge < -0.3 is 5.32 Å². The molecule has 1 amide bonds. The maximum atomic E-state index is 11.7. The van der Waals surface area contributed by atoms with E-state index in [-0.39, 0.29) is 23.5 Å². The number of amides is 1. The standard InChI is InChI=1S/C13H14ClNO3S/c14-12-4-2-1-3-10(12)5-6-13(16)15-11-7-8-19(17,18)9-11/h1-6,11H,7-9H2,(H,15,16)/b6-5-/t11-/m0/s1. The van der Waals surface area contributed by atoms with Crippen LogP contribution in [0.25, 0.3) is 6.08 Å². The molecule has 1 aromatic rings. The van der Waals surface area contributed by atoms with E-state index in [1.807, 2.05) is 12.1 Å². The summed E-state index contributed by atoms with van der Waals surface area (Å²) in [6.07, 6.45) is 3.46. The molecule has 1 aromatic carbocycles. The zero-order chi connectivity index (χ0) is 13.9. The van der Waals surface area contributed by atoms with Crippen LogP contribution < -0.4 is 5.32 Å². The first-order valence-corrected chi connectivity index (χ1v) is 8.10. The van der Waals surface area contributed by atoms with Gasteiger partial charge >= 0.3 is 0 Å². The van der Waals surface area contributed by atoms with Crippen LogP contribution in [-0.4, -0.2) is 31.9 Å². The van der Waals surface area contributed by atoms with E-state index in [9.17, 15) is 13.2 Å². The molecule has 102 valence electrons. The van der Waals surface area contributed by atoms with Crippen molar-refractivity contribution in [3.63, 3.8) is 0 Å². The Kier molecular flexibility index (Phi) is 4.27. The van der Waals surface area contributed by atoms with Gasteiger partial charge in [-0.25, -0.2) is 8.42 Å². The molecule has 0 spiro atoms. The lowest BCUT2D eigenvalue weighted by molar-refractivity contribution is -0.116. The molecule has 1 fully saturated rings. The van der Waals surface area contributed by atoms with Crippen molar-refractivity contribution in [2.24, 2.45) is 0 Å². The minimum atomic E-state index is -2.97. The van der Waals surface area contributed by atoms with Crippen molar-refractivity contribution in [2.75, 3.05) is 11.5 Å². The molecule has 2 rings (SSSR count). The Morgan fingerprint density at radius 2 is 2.11 bits per heavy atom. The number of hydrogen-bond donors (Lipinski definition) is 1. The molecule has 0 unspecified atom stereocenters. The average molecular weight is 300 g/mol. The SMILES string of the molecule is O=C(/C=C\c1ccccc1Cl)N[C@H]1CCS(=O)(=O)C1. The lowest BCUT2D eigenvalue weighted by Crippen LogP contribution is -2.34. The van der Waals surface area contributed by atoms with Crippen molar-refractivity contribution >= 4 is 33.4 Å². The second-order valence-corrected chi connectivity index (χ2v) is 7.10. The summed E-state index contributed by atoms with van der Waals surface area (Å²) in [5.74, 6) is -0.132. The topological polar surface area (TPSA) is 63.2 Å². The van der Waals surface area contributed by atoms with Crippen LogP contribution >= 0.6 is 11.6 Å². The fourth-order valence-electron chi connectivity index (χ4n) is 1.93. The van der Waals surface area contributed by atoms with E-state index in [0.29, 0.717) is 11.4 Å². The third-order valence-corrected chi connectivity index (χ3v) is 5.01. The number of sulfone groups is 1. The summed E-state index contributed by atoms with van der Waals surface area (Å²) in [5, 5.41) is 3.24. The van der Waals surface area contributed by atoms with Gasteiger partial charge in [0.05, 0.1) is 11.5 Å². The van der Waals surface area contributed by atoms with Gasteiger partial charge in [-0.15, -0.1) is 0 Å². The number of halogens is 1. The number of nitrogens with one attached hydrogen (secondary N) is 1. The minimum absolute atomic E-state index is 0.0265. The van der Waals surface area contributed by atoms with Crippen LogP contribution in [0.5, 0.6) is 0 Å². The predicted molar refractivity (Wildman–Crippen MR) is 75.7 cm³/mol. The zero-order valence-corrected chi connectivity index (χ0v) is 11.7. The normalized spacial score (nSPS) is 21.6. The van der Waals surface area contributed by atoms with Crippen molar-refractivity contribution in [2.45, 2.75) is 12.5 Å². The number of benzene rings is 1. The van der Waals surface area contributed by atoms with Gasteiger partial charge in [-0.05, 0) is 24.1 Å². The largest absolute Gasteiger partial charge is 0.349 e. The van der Waals surface area contributed by atoms with Crippen LogP contribution in [0.2, 0.25) is 5.02 Å². The summed E-state index contributed by atoms with van der Waals surface area (Å²) in [6, 6.07) is 6.89. The highest BCUT2D eigenvalue weighted by atomic mass is 35.5. The van der Waals surface area contributed by atoms with Gasteiger partial charge in [-0.1, -0.05) is 29.8 Å². The zero-order valence-electron chi connectivity index (χ0n) is 10.2. The molecule has 0 bridgehead atoms. The highest BCUT2D eigenvalue weighted by Crippen LogP contribution is 2.16. The number of carbonyl (C=O) groups excluding carboxylic acids is 1. The Balaban J connectivity index is 1.94. The molecule has 19 heavy (non-hydrogen) atoms. The number of rotatable bonds is 3. The summed E-state index contributed by atoms with van der Waals surface area (Å²) in [7, 11) is -2.97. The minimum Gasteiger partial charge on any atom is -0.349 e. The summed E-state index contributed by atoms with van der Waals surface area (Å²) >= 11 is 5.95. The van der Waals surface area contributed by atoms with Crippen molar-refractivity contribution in [3.05, 3.63) is 40.9 Å². The van der Waals surface area contributed by atoms with Crippen LogP contribution in [0.4, 0.5) is 0 Å².